The molecule has 0 bridgehead atoms. The lowest BCUT2D eigenvalue weighted by Crippen LogP contribution is -2.19. The number of hydrogen-bond acceptors (Lipinski definition) is 3. The maximum Gasteiger partial charge on any atom is 0.281 e. The van der Waals surface area contributed by atoms with Gasteiger partial charge in [-0.3, -0.25) is 4.79 Å². The minimum absolute atomic E-state index is 0.350. The molecule has 0 saturated carbocycles. The van der Waals surface area contributed by atoms with Crippen molar-refractivity contribution in [3.63, 3.8) is 0 Å². The van der Waals surface area contributed by atoms with Gasteiger partial charge in [0.2, 0.25) is 0 Å². The fraction of sp³-hybridized carbons (Fsp3) is 0.176. The van der Waals surface area contributed by atoms with Crippen molar-refractivity contribution in [2.75, 3.05) is 13.7 Å². The molecule has 1 amide bonds. The SMILES string of the molecule is COCCn1c(=NC(=O)c2ccccc2Cl)sc2cc(Br)ccc21. The average Bonchev–Trinajstić information content (AvgIpc) is 2.89. The van der Waals surface area contributed by atoms with Crippen molar-refractivity contribution in [1.82, 2.24) is 4.57 Å². The van der Waals surface area contributed by atoms with Crippen LogP contribution in [0.2, 0.25) is 5.02 Å². The Bertz CT molecular complexity index is 965. The van der Waals surface area contributed by atoms with Crippen molar-refractivity contribution >= 4 is 55.0 Å². The molecule has 1 aromatic heterocycles. The van der Waals surface area contributed by atoms with Gasteiger partial charge in [-0.1, -0.05) is 51.0 Å². The standard InChI is InChI=1S/C17H14BrClN2O2S/c1-23-9-8-21-14-7-6-11(18)10-15(14)24-17(21)20-16(22)12-4-2-3-5-13(12)19/h2-7,10H,8-9H2,1H3. The Kier molecular flexibility index (Phi) is 5.50. The van der Waals surface area contributed by atoms with Crippen molar-refractivity contribution in [3.8, 4) is 0 Å². The van der Waals surface area contributed by atoms with E-state index in [2.05, 4.69) is 20.9 Å². The molecule has 0 radical (unpaired) electrons. The van der Waals surface area contributed by atoms with Crippen molar-refractivity contribution in [2.45, 2.75) is 6.54 Å². The summed E-state index contributed by atoms with van der Waals surface area (Å²) in [5.41, 5.74) is 1.42. The van der Waals surface area contributed by atoms with E-state index >= 15 is 0 Å². The number of thiazole rings is 1. The van der Waals surface area contributed by atoms with E-state index in [0.717, 1.165) is 14.7 Å². The summed E-state index contributed by atoms with van der Waals surface area (Å²) in [5.74, 6) is -0.350. The molecule has 0 N–H and O–H groups in total. The number of hydrogen-bond donors (Lipinski definition) is 0. The fourth-order valence-electron chi connectivity index (χ4n) is 2.31. The number of fused-ring (bicyclic) bond motifs is 1. The number of carbonyl (C=O) groups is 1. The summed E-state index contributed by atoms with van der Waals surface area (Å²) in [5, 5.41) is 0.401. The summed E-state index contributed by atoms with van der Waals surface area (Å²) in [7, 11) is 1.65. The van der Waals surface area contributed by atoms with Gasteiger partial charge in [0.05, 0.1) is 27.4 Å². The van der Waals surface area contributed by atoms with Crippen LogP contribution in [-0.2, 0) is 11.3 Å². The van der Waals surface area contributed by atoms with Gasteiger partial charge >= 0.3 is 0 Å². The Hall–Kier alpha value is -1.47. The molecule has 7 heteroatoms. The Morgan fingerprint density at radius 3 is 2.88 bits per heavy atom. The summed E-state index contributed by atoms with van der Waals surface area (Å²) in [6, 6.07) is 12.9. The topological polar surface area (TPSA) is 43.6 Å². The van der Waals surface area contributed by atoms with Crippen LogP contribution in [-0.4, -0.2) is 24.2 Å². The third-order valence-corrected chi connectivity index (χ3v) is 5.33. The smallest absolute Gasteiger partial charge is 0.281 e. The summed E-state index contributed by atoms with van der Waals surface area (Å²) in [6.07, 6.45) is 0. The number of amides is 1. The average molecular weight is 426 g/mol. The summed E-state index contributed by atoms with van der Waals surface area (Å²) >= 11 is 11.0. The van der Waals surface area contributed by atoms with Crippen LogP contribution in [0, 0.1) is 0 Å². The monoisotopic (exact) mass is 424 g/mol. The molecule has 4 nitrogen and oxygen atoms in total. The zero-order valence-corrected chi connectivity index (χ0v) is 16.0. The molecular formula is C17H14BrClN2O2S. The van der Waals surface area contributed by atoms with Crippen LogP contribution in [0.5, 0.6) is 0 Å². The minimum atomic E-state index is -0.350. The van der Waals surface area contributed by atoms with Gasteiger partial charge < -0.3 is 9.30 Å². The van der Waals surface area contributed by atoms with E-state index in [1.165, 1.54) is 11.3 Å². The number of aromatic nitrogens is 1. The molecule has 1 heterocycles. The molecule has 24 heavy (non-hydrogen) atoms. The zero-order chi connectivity index (χ0) is 17.1. The van der Waals surface area contributed by atoms with Crippen molar-refractivity contribution < 1.29 is 9.53 Å². The molecular weight excluding hydrogens is 412 g/mol. The molecule has 0 saturated heterocycles. The first-order valence-corrected chi connectivity index (χ1v) is 9.20. The van der Waals surface area contributed by atoms with Crippen LogP contribution in [0.4, 0.5) is 0 Å². The third-order valence-electron chi connectivity index (χ3n) is 3.47. The van der Waals surface area contributed by atoms with E-state index in [-0.39, 0.29) is 5.91 Å². The highest BCUT2D eigenvalue weighted by Gasteiger charge is 2.11. The van der Waals surface area contributed by atoms with Crippen LogP contribution in [0.15, 0.2) is 51.9 Å². The first-order chi connectivity index (χ1) is 11.6. The van der Waals surface area contributed by atoms with Crippen LogP contribution in [0.1, 0.15) is 10.4 Å². The molecule has 0 fully saturated rings. The summed E-state index contributed by atoms with van der Waals surface area (Å²) in [6.45, 7) is 1.15. The van der Waals surface area contributed by atoms with E-state index in [1.54, 1.807) is 31.4 Å². The van der Waals surface area contributed by atoms with Gasteiger partial charge in [0.15, 0.2) is 4.80 Å². The highest BCUT2D eigenvalue weighted by atomic mass is 79.9. The van der Waals surface area contributed by atoms with Crippen LogP contribution in [0.3, 0.4) is 0 Å². The van der Waals surface area contributed by atoms with Gasteiger partial charge in [0.1, 0.15) is 0 Å². The quantitative estimate of drug-likeness (QED) is 0.617. The lowest BCUT2D eigenvalue weighted by molar-refractivity contribution is 0.0997. The number of benzene rings is 2. The van der Waals surface area contributed by atoms with E-state index in [9.17, 15) is 4.79 Å². The molecule has 0 spiro atoms. The van der Waals surface area contributed by atoms with E-state index in [4.69, 9.17) is 16.3 Å². The van der Waals surface area contributed by atoms with Gasteiger partial charge in [-0.15, -0.1) is 0 Å². The summed E-state index contributed by atoms with van der Waals surface area (Å²) < 4.78 is 9.20. The fourth-order valence-corrected chi connectivity index (χ4v) is 4.14. The van der Waals surface area contributed by atoms with Crippen LogP contribution >= 0.6 is 38.9 Å². The third kappa shape index (κ3) is 3.62. The van der Waals surface area contributed by atoms with Gasteiger partial charge in [-0.05, 0) is 30.3 Å². The van der Waals surface area contributed by atoms with E-state index in [0.29, 0.717) is 28.5 Å². The second-order valence-electron chi connectivity index (χ2n) is 5.04. The first kappa shape index (κ1) is 17.4. The second-order valence-corrected chi connectivity index (χ2v) is 7.37. The van der Waals surface area contributed by atoms with Crippen LogP contribution in [0.25, 0.3) is 10.2 Å². The molecule has 124 valence electrons. The summed E-state index contributed by atoms with van der Waals surface area (Å²) in [4.78, 5) is 17.4. The molecule has 3 rings (SSSR count). The largest absolute Gasteiger partial charge is 0.383 e. The Balaban J connectivity index is 2.13. The Morgan fingerprint density at radius 1 is 1.33 bits per heavy atom. The van der Waals surface area contributed by atoms with Crippen LogP contribution < -0.4 is 4.80 Å². The van der Waals surface area contributed by atoms with Crippen molar-refractivity contribution in [3.05, 3.63) is 62.3 Å². The van der Waals surface area contributed by atoms with E-state index < -0.39 is 0 Å². The number of carbonyl (C=O) groups excluding carboxylic acids is 1. The minimum Gasteiger partial charge on any atom is -0.383 e. The maximum atomic E-state index is 12.5. The van der Waals surface area contributed by atoms with Gasteiger partial charge in [-0.25, -0.2) is 0 Å². The van der Waals surface area contributed by atoms with Crippen molar-refractivity contribution in [1.29, 1.82) is 0 Å². The molecule has 0 atom stereocenters. The maximum absolute atomic E-state index is 12.5. The lowest BCUT2D eigenvalue weighted by Gasteiger charge is -2.04. The first-order valence-electron chi connectivity index (χ1n) is 7.21. The highest BCUT2D eigenvalue weighted by Crippen LogP contribution is 2.22. The molecule has 2 aromatic carbocycles. The van der Waals surface area contributed by atoms with Gasteiger partial charge in [0, 0.05) is 18.1 Å². The predicted octanol–water partition coefficient (Wildman–Crippen LogP) is 4.51. The lowest BCUT2D eigenvalue weighted by atomic mass is 10.2. The Labute approximate surface area is 156 Å². The highest BCUT2D eigenvalue weighted by molar-refractivity contribution is 9.10. The molecule has 0 aliphatic heterocycles. The molecule has 0 unspecified atom stereocenters. The predicted molar refractivity (Wildman–Crippen MR) is 101 cm³/mol. The molecule has 3 aromatic rings. The van der Waals surface area contributed by atoms with E-state index in [1.807, 2.05) is 22.8 Å². The number of nitrogens with zero attached hydrogens (tertiary/aromatic N) is 2. The number of methoxy groups -OCH3 is 1. The second kappa shape index (κ2) is 7.61. The normalized spacial score (nSPS) is 12.0. The Morgan fingerprint density at radius 2 is 2.12 bits per heavy atom. The van der Waals surface area contributed by atoms with Crippen molar-refractivity contribution in [2.24, 2.45) is 4.99 Å². The number of ether oxygens (including phenoxy) is 1. The molecule has 0 aliphatic rings. The number of halogens is 2. The van der Waals surface area contributed by atoms with Gasteiger partial charge in [-0.2, -0.15) is 4.99 Å². The molecule has 0 aliphatic carbocycles. The zero-order valence-electron chi connectivity index (χ0n) is 12.8. The number of rotatable bonds is 4. The van der Waals surface area contributed by atoms with Gasteiger partial charge in [0.25, 0.3) is 5.91 Å².